The lowest BCUT2D eigenvalue weighted by atomic mass is 10.1. The van der Waals surface area contributed by atoms with Crippen LogP contribution in [-0.4, -0.2) is 33.3 Å². The summed E-state index contributed by atoms with van der Waals surface area (Å²) >= 11 is 0. The molecule has 1 saturated heterocycles. The molecule has 1 N–H and O–H groups in total. The molecule has 0 radical (unpaired) electrons. The van der Waals surface area contributed by atoms with Crippen molar-refractivity contribution in [3.05, 3.63) is 23.8 Å². The van der Waals surface area contributed by atoms with Gasteiger partial charge in [-0.2, -0.15) is 0 Å². The Labute approximate surface area is 110 Å². The molecule has 2 rings (SSSR count). The van der Waals surface area contributed by atoms with Crippen LogP contribution in [0.4, 0.5) is 5.69 Å². The van der Waals surface area contributed by atoms with Crippen LogP contribution < -0.4 is 15.0 Å². The van der Waals surface area contributed by atoms with Gasteiger partial charge in [-0.15, -0.1) is 0 Å². The van der Waals surface area contributed by atoms with Gasteiger partial charge in [-0.25, -0.2) is 0 Å². The normalized spacial score (nSPS) is 19.3. The predicted octanol–water partition coefficient (Wildman–Crippen LogP) is 2.44. The van der Waals surface area contributed by atoms with Crippen molar-refractivity contribution in [2.75, 3.05) is 38.2 Å². The van der Waals surface area contributed by atoms with Gasteiger partial charge in [-0.3, -0.25) is 0 Å². The maximum absolute atomic E-state index is 5.31. The maximum Gasteiger partial charge on any atom is 0.121 e. The molecule has 0 amide bonds. The second-order valence-electron chi connectivity index (χ2n) is 5.06. The molecule has 1 unspecified atom stereocenters. The van der Waals surface area contributed by atoms with Gasteiger partial charge in [0.2, 0.25) is 0 Å². The lowest BCUT2D eigenvalue weighted by Crippen LogP contribution is -2.26. The molecule has 0 saturated carbocycles. The third kappa shape index (κ3) is 2.96. The minimum atomic E-state index is 0.785. The first-order chi connectivity index (χ1) is 8.74. The molecule has 0 bridgehead atoms. The second kappa shape index (κ2) is 6.10. The van der Waals surface area contributed by atoms with Gasteiger partial charge in [0.1, 0.15) is 5.75 Å². The van der Waals surface area contributed by atoms with Crippen molar-refractivity contribution in [1.29, 1.82) is 0 Å². The highest BCUT2D eigenvalue weighted by Gasteiger charge is 2.22. The Morgan fingerprint density at radius 2 is 2.28 bits per heavy atom. The minimum absolute atomic E-state index is 0.785. The molecule has 100 valence electrons. The molecule has 1 atom stereocenters. The van der Waals surface area contributed by atoms with E-state index in [-0.39, 0.29) is 0 Å². The molecule has 1 aromatic rings. The number of anilines is 1. The Balaban J connectivity index is 1.98. The summed E-state index contributed by atoms with van der Waals surface area (Å²) in [7, 11) is 1.73. The van der Waals surface area contributed by atoms with E-state index in [1.54, 1.807) is 7.11 Å². The summed E-state index contributed by atoms with van der Waals surface area (Å²) in [6.07, 6.45) is 1.29. The van der Waals surface area contributed by atoms with E-state index in [4.69, 9.17) is 4.74 Å². The predicted molar refractivity (Wildman–Crippen MR) is 76.6 cm³/mol. The van der Waals surface area contributed by atoms with Crippen LogP contribution in [0, 0.1) is 12.8 Å². The summed E-state index contributed by atoms with van der Waals surface area (Å²) in [5.74, 6) is 1.76. The fraction of sp³-hybridized carbons (Fsp3) is 0.600. The Hall–Kier alpha value is -1.22. The SMILES string of the molecule is CCNCC1CCN(c2ccc(OC)c(C)c2)C1. The summed E-state index contributed by atoms with van der Waals surface area (Å²) < 4.78 is 5.31. The zero-order valence-corrected chi connectivity index (χ0v) is 11.7. The van der Waals surface area contributed by atoms with Crippen molar-refractivity contribution in [2.24, 2.45) is 5.92 Å². The van der Waals surface area contributed by atoms with Gasteiger partial charge in [-0.1, -0.05) is 6.92 Å². The second-order valence-corrected chi connectivity index (χ2v) is 5.06. The number of aryl methyl sites for hydroxylation is 1. The standard InChI is InChI=1S/C15H24N2O/c1-4-16-10-13-7-8-17(11-13)14-5-6-15(18-3)12(2)9-14/h5-6,9,13,16H,4,7-8,10-11H2,1-3H3. The molecule has 0 spiro atoms. The Bertz CT molecular complexity index is 392. The molecule has 1 aliphatic rings. The van der Waals surface area contributed by atoms with E-state index in [9.17, 15) is 0 Å². The number of hydrogen-bond donors (Lipinski definition) is 1. The monoisotopic (exact) mass is 248 g/mol. The van der Waals surface area contributed by atoms with E-state index in [1.165, 1.54) is 30.8 Å². The molecule has 3 nitrogen and oxygen atoms in total. The molecule has 18 heavy (non-hydrogen) atoms. The van der Waals surface area contributed by atoms with E-state index in [2.05, 4.69) is 42.3 Å². The van der Waals surface area contributed by atoms with Crippen LogP contribution in [-0.2, 0) is 0 Å². The van der Waals surface area contributed by atoms with Gasteiger partial charge in [0.15, 0.2) is 0 Å². The topological polar surface area (TPSA) is 24.5 Å². The number of nitrogens with one attached hydrogen (secondary N) is 1. The van der Waals surface area contributed by atoms with Crippen molar-refractivity contribution >= 4 is 5.69 Å². The number of benzene rings is 1. The Morgan fingerprint density at radius 1 is 1.44 bits per heavy atom. The molecule has 3 heteroatoms. The van der Waals surface area contributed by atoms with Gasteiger partial charge < -0.3 is 15.0 Å². The number of ether oxygens (including phenoxy) is 1. The maximum atomic E-state index is 5.31. The minimum Gasteiger partial charge on any atom is -0.496 e. The van der Waals surface area contributed by atoms with Crippen LogP contribution in [0.1, 0.15) is 18.9 Å². The van der Waals surface area contributed by atoms with Gasteiger partial charge in [0.05, 0.1) is 7.11 Å². The van der Waals surface area contributed by atoms with E-state index in [0.717, 1.165) is 24.8 Å². The number of nitrogens with zero attached hydrogens (tertiary/aromatic N) is 1. The van der Waals surface area contributed by atoms with Crippen LogP contribution in [0.3, 0.4) is 0 Å². The van der Waals surface area contributed by atoms with Crippen molar-refractivity contribution in [3.63, 3.8) is 0 Å². The lowest BCUT2D eigenvalue weighted by Gasteiger charge is -2.20. The number of methoxy groups -OCH3 is 1. The Morgan fingerprint density at radius 3 is 2.94 bits per heavy atom. The highest BCUT2D eigenvalue weighted by atomic mass is 16.5. The van der Waals surface area contributed by atoms with Crippen LogP contribution in [0.25, 0.3) is 0 Å². The summed E-state index contributed by atoms with van der Waals surface area (Å²) in [6.45, 7) is 8.81. The molecular formula is C15H24N2O. The molecule has 0 aromatic heterocycles. The van der Waals surface area contributed by atoms with Gasteiger partial charge in [0.25, 0.3) is 0 Å². The van der Waals surface area contributed by atoms with Crippen molar-refractivity contribution in [2.45, 2.75) is 20.3 Å². The van der Waals surface area contributed by atoms with Crippen LogP contribution >= 0.6 is 0 Å². The average molecular weight is 248 g/mol. The Kier molecular flexibility index (Phi) is 4.48. The summed E-state index contributed by atoms with van der Waals surface area (Å²) in [4.78, 5) is 2.48. The molecule has 0 aliphatic carbocycles. The molecule has 1 heterocycles. The van der Waals surface area contributed by atoms with E-state index >= 15 is 0 Å². The zero-order chi connectivity index (χ0) is 13.0. The highest BCUT2D eigenvalue weighted by Crippen LogP contribution is 2.28. The summed E-state index contributed by atoms with van der Waals surface area (Å²) in [5.41, 5.74) is 2.54. The average Bonchev–Trinajstić information content (AvgIpc) is 2.85. The summed E-state index contributed by atoms with van der Waals surface area (Å²) in [6, 6.07) is 6.47. The summed E-state index contributed by atoms with van der Waals surface area (Å²) in [5, 5.41) is 3.45. The highest BCUT2D eigenvalue weighted by molar-refractivity contribution is 5.53. The van der Waals surface area contributed by atoms with Crippen LogP contribution in [0.15, 0.2) is 18.2 Å². The molecule has 1 aromatic carbocycles. The largest absolute Gasteiger partial charge is 0.496 e. The van der Waals surface area contributed by atoms with E-state index in [1.807, 2.05) is 0 Å². The van der Waals surface area contributed by atoms with Crippen molar-refractivity contribution in [3.8, 4) is 5.75 Å². The molecular weight excluding hydrogens is 224 g/mol. The smallest absolute Gasteiger partial charge is 0.121 e. The van der Waals surface area contributed by atoms with Gasteiger partial charge >= 0.3 is 0 Å². The van der Waals surface area contributed by atoms with Crippen LogP contribution in [0.2, 0.25) is 0 Å². The zero-order valence-electron chi connectivity index (χ0n) is 11.7. The lowest BCUT2D eigenvalue weighted by molar-refractivity contribution is 0.411. The first kappa shape index (κ1) is 13.2. The van der Waals surface area contributed by atoms with Crippen molar-refractivity contribution < 1.29 is 4.74 Å². The fourth-order valence-electron chi connectivity index (χ4n) is 2.64. The fourth-order valence-corrected chi connectivity index (χ4v) is 2.64. The third-order valence-electron chi connectivity index (χ3n) is 3.71. The quantitative estimate of drug-likeness (QED) is 0.866. The van der Waals surface area contributed by atoms with Crippen molar-refractivity contribution in [1.82, 2.24) is 5.32 Å². The van der Waals surface area contributed by atoms with Crippen LogP contribution in [0.5, 0.6) is 5.75 Å². The third-order valence-corrected chi connectivity index (χ3v) is 3.71. The number of hydrogen-bond acceptors (Lipinski definition) is 3. The molecule has 1 aliphatic heterocycles. The molecule has 1 fully saturated rings. The van der Waals surface area contributed by atoms with E-state index < -0.39 is 0 Å². The van der Waals surface area contributed by atoms with E-state index in [0.29, 0.717) is 0 Å². The number of rotatable bonds is 5. The van der Waals surface area contributed by atoms with Gasteiger partial charge in [0, 0.05) is 18.8 Å². The first-order valence-electron chi connectivity index (χ1n) is 6.85. The van der Waals surface area contributed by atoms with Gasteiger partial charge in [-0.05, 0) is 56.1 Å². The first-order valence-corrected chi connectivity index (χ1v) is 6.85.